The van der Waals surface area contributed by atoms with Crippen LogP contribution in [0.3, 0.4) is 0 Å². The van der Waals surface area contributed by atoms with Gasteiger partial charge in [0.1, 0.15) is 6.10 Å². The third-order valence-corrected chi connectivity index (χ3v) is 4.43. The minimum atomic E-state index is -0.712. The number of hydrogen-bond donors (Lipinski definition) is 3. The Morgan fingerprint density at radius 1 is 0.893 bits per heavy atom. The third kappa shape index (κ3) is 5.28. The fourth-order valence-corrected chi connectivity index (χ4v) is 2.98. The highest BCUT2D eigenvalue weighted by molar-refractivity contribution is 5.44. The van der Waals surface area contributed by atoms with Crippen LogP contribution < -0.4 is 14.2 Å². The van der Waals surface area contributed by atoms with E-state index in [1.165, 1.54) is 20.3 Å². The Bertz CT molecular complexity index is 748. The van der Waals surface area contributed by atoms with E-state index in [0.29, 0.717) is 29.2 Å². The van der Waals surface area contributed by atoms with Gasteiger partial charge in [0.25, 0.3) is 0 Å². The maximum atomic E-state index is 9.91. The van der Waals surface area contributed by atoms with E-state index in [1.54, 1.807) is 25.3 Å². The van der Waals surface area contributed by atoms with E-state index in [-0.39, 0.29) is 19.0 Å². The fraction of sp³-hybridized carbons (Fsp3) is 0.429. The highest BCUT2D eigenvalue weighted by atomic mass is 16.6. The summed E-state index contributed by atoms with van der Waals surface area (Å²) in [6, 6.07) is 10.4. The number of aliphatic hydroxyl groups excluding tert-OH is 2. The first kappa shape index (κ1) is 21.8. The first-order chi connectivity index (χ1) is 13.6. The lowest BCUT2D eigenvalue weighted by molar-refractivity contribution is -0.0265. The number of phenolic OH excluding ortho intramolecular Hbond substituents is 1. The minimum Gasteiger partial charge on any atom is -0.504 e. The molecule has 2 atom stereocenters. The summed E-state index contributed by atoms with van der Waals surface area (Å²) < 4.78 is 22.1. The van der Waals surface area contributed by atoms with Crippen molar-refractivity contribution in [3.63, 3.8) is 0 Å². The van der Waals surface area contributed by atoms with Crippen molar-refractivity contribution < 1.29 is 34.3 Å². The molecular formula is C21H28O7. The van der Waals surface area contributed by atoms with E-state index >= 15 is 0 Å². The number of ether oxygens (including phenoxy) is 4. The Balaban J connectivity index is 2.26. The van der Waals surface area contributed by atoms with Gasteiger partial charge in [0.05, 0.1) is 20.8 Å². The van der Waals surface area contributed by atoms with Crippen molar-refractivity contribution in [1.82, 2.24) is 0 Å². The van der Waals surface area contributed by atoms with Crippen molar-refractivity contribution in [3.8, 4) is 23.0 Å². The molecule has 0 bridgehead atoms. The van der Waals surface area contributed by atoms with Gasteiger partial charge in [-0.3, -0.25) is 0 Å². The summed E-state index contributed by atoms with van der Waals surface area (Å²) in [6.07, 6.45) is 0.0800. The highest BCUT2D eigenvalue weighted by Crippen LogP contribution is 2.35. The molecule has 28 heavy (non-hydrogen) atoms. The highest BCUT2D eigenvalue weighted by Gasteiger charge is 2.26. The molecule has 0 unspecified atom stereocenters. The molecule has 0 saturated heterocycles. The predicted molar refractivity (Wildman–Crippen MR) is 104 cm³/mol. The van der Waals surface area contributed by atoms with Crippen LogP contribution in [-0.2, 0) is 11.2 Å². The molecule has 0 aliphatic heterocycles. The maximum Gasteiger partial charge on any atom is 0.161 e. The standard InChI is InChI=1S/C21H28O7/c1-25-18-12-15(7-8-16(18)24)21(27-3)20(13-23)28-17-9-6-14(5-4-10-22)11-19(17)26-2/h6-9,11-12,20-24H,4-5,10,13H2,1-3H3/t20-,21-/m1/s1. The van der Waals surface area contributed by atoms with Gasteiger partial charge in [-0.25, -0.2) is 0 Å². The number of methoxy groups -OCH3 is 3. The third-order valence-electron chi connectivity index (χ3n) is 4.43. The smallest absolute Gasteiger partial charge is 0.161 e. The van der Waals surface area contributed by atoms with Crippen LogP contribution in [0.1, 0.15) is 23.7 Å². The molecule has 0 fully saturated rings. The summed E-state index contributed by atoms with van der Waals surface area (Å²) >= 11 is 0. The number of hydrogen-bond acceptors (Lipinski definition) is 7. The number of aromatic hydroxyl groups is 1. The predicted octanol–water partition coefficient (Wildman–Crippen LogP) is 2.46. The molecule has 0 saturated carbocycles. The molecule has 7 heteroatoms. The molecule has 0 spiro atoms. The lowest BCUT2D eigenvalue weighted by atomic mass is 10.0. The summed E-state index contributed by atoms with van der Waals surface area (Å²) in [5.74, 6) is 1.33. The van der Waals surface area contributed by atoms with Crippen LogP contribution in [0.4, 0.5) is 0 Å². The maximum absolute atomic E-state index is 9.91. The zero-order valence-electron chi connectivity index (χ0n) is 16.4. The van der Waals surface area contributed by atoms with Gasteiger partial charge in [-0.2, -0.15) is 0 Å². The molecule has 0 amide bonds. The van der Waals surface area contributed by atoms with Crippen LogP contribution in [0.2, 0.25) is 0 Å². The summed E-state index contributed by atoms with van der Waals surface area (Å²) in [6.45, 7) is -0.171. The average molecular weight is 392 g/mol. The largest absolute Gasteiger partial charge is 0.504 e. The van der Waals surface area contributed by atoms with E-state index in [9.17, 15) is 10.2 Å². The second-order valence-electron chi connectivity index (χ2n) is 6.24. The topological polar surface area (TPSA) is 97.6 Å². The van der Waals surface area contributed by atoms with Crippen LogP contribution >= 0.6 is 0 Å². The molecule has 0 aromatic heterocycles. The Kier molecular flexibility index (Phi) is 8.38. The monoisotopic (exact) mass is 392 g/mol. The first-order valence-electron chi connectivity index (χ1n) is 9.02. The summed E-state index contributed by atoms with van der Waals surface area (Å²) in [4.78, 5) is 0. The van der Waals surface area contributed by atoms with Gasteiger partial charge in [0.15, 0.2) is 29.1 Å². The zero-order valence-corrected chi connectivity index (χ0v) is 16.4. The Labute approximate surface area is 165 Å². The molecule has 0 aliphatic rings. The van der Waals surface area contributed by atoms with Crippen molar-refractivity contribution in [1.29, 1.82) is 0 Å². The molecule has 7 nitrogen and oxygen atoms in total. The van der Waals surface area contributed by atoms with Crippen molar-refractivity contribution in [2.75, 3.05) is 34.5 Å². The summed E-state index contributed by atoms with van der Waals surface area (Å²) in [7, 11) is 4.53. The Hall–Kier alpha value is -2.48. The van der Waals surface area contributed by atoms with Crippen molar-refractivity contribution in [2.24, 2.45) is 0 Å². The van der Waals surface area contributed by atoms with Gasteiger partial charge in [-0.15, -0.1) is 0 Å². The van der Waals surface area contributed by atoms with E-state index < -0.39 is 12.2 Å². The van der Waals surface area contributed by atoms with Crippen molar-refractivity contribution in [2.45, 2.75) is 25.0 Å². The number of rotatable bonds is 11. The normalized spacial score (nSPS) is 13.0. The molecule has 0 radical (unpaired) electrons. The Morgan fingerprint density at radius 3 is 2.25 bits per heavy atom. The van der Waals surface area contributed by atoms with Crippen LogP contribution in [0.25, 0.3) is 0 Å². The quantitative estimate of drug-likeness (QED) is 0.540. The minimum absolute atomic E-state index is 0.0164. The second kappa shape index (κ2) is 10.8. The number of benzene rings is 2. The van der Waals surface area contributed by atoms with E-state index in [0.717, 1.165) is 12.0 Å². The van der Waals surface area contributed by atoms with Gasteiger partial charge < -0.3 is 34.3 Å². The molecule has 3 N–H and O–H groups in total. The molecule has 2 aromatic carbocycles. The fourth-order valence-electron chi connectivity index (χ4n) is 2.98. The van der Waals surface area contributed by atoms with Crippen LogP contribution in [0.15, 0.2) is 36.4 Å². The number of aliphatic hydroxyl groups is 2. The first-order valence-corrected chi connectivity index (χ1v) is 9.02. The molecule has 0 aliphatic carbocycles. The Morgan fingerprint density at radius 2 is 1.64 bits per heavy atom. The molecular weight excluding hydrogens is 364 g/mol. The van der Waals surface area contributed by atoms with E-state index in [4.69, 9.17) is 24.1 Å². The average Bonchev–Trinajstić information content (AvgIpc) is 2.73. The lowest BCUT2D eigenvalue weighted by Gasteiger charge is -2.27. The van der Waals surface area contributed by atoms with Crippen LogP contribution in [0, 0.1) is 0 Å². The second-order valence-corrected chi connectivity index (χ2v) is 6.24. The van der Waals surface area contributed by atoms with Gasteiger partial charge >= 0.3 is 0 Å². The SMILES string of the molecule is COc1cc([C@@H](OC)[C@@H](CO)Oc2ccc(CCCO)cc2OC)ccc1O. The van der Waals surface area contributed by atoms with Crippen LogP contribution in [0.5, 0.6) is 23.0 Å². The van der Waals surface area contributed by atoms with Crippen LogP contribution in [-0.4, -0.2) is 56.0 Å². The van der Waals surface area contributed by atoms with E-state index in [2.05, 4.69) is 0 Å². The number of aryl methyl sites for hydroxylation is 1. The van der Waals surface area contributed by atoms with Crippen molar-refractivity contribution >= 4 is 0 Å². The van der Waals surface area contributed by atoms with E-state index in [1.807, 2.05) is 12.1 Å². The molecule has 154 valence electrons. The summed E-state index contributed by atoms with van der Waals surface area (Å²) in [5.41, 5.74) is 1.71. The summed E-state index contributed by atoms with van der Waals surface area (Å²) in [5, 5.41) is 28.7. The molecule has 2 rings (SSSR count). The molecule has 2 aromatic rings. The van der Waals surface area contributed by atoms with Gasteiger partial charge in [-0.1, -0.05) is 12.1 Å². The lowest BCUT2D eigenvalue weighted by Crippen LogP contribution is -2.30. The molecule has 0 heterocycles. The number of phenols is 1. The van der Waals surface area contributed by atoms with Gasteiger partial charge in [0.2, 0.25) is 0 Å². The van der Waals surface area contributed by atoms with Crippen molar-refractivity contribution in [3.05, 3.63) is 47.5 Å². The van der Waals surface area contributed by atoms with Gasteiger partial charge in [-0.05, 0) is 48.2 Å². The zero-order chi connectivity index (χ0) is 20.5. The van der Waals surface area contributed by atoms with Gasteiger partial charge in [0, 0.05) is 13.7 Å².